The standard InChI is InChI=1S/C15H18ClNOS2/c1-3-12(17)15(13-7-8-14(16)20-13)19-11-6-4-5-10(9-11)18-2/h4-9,12,15H,3,17H2,1-2H3. The molecule has 0 fully saturated rings. The van der Waals surface area contributed by atoms with Gasteiger partial charge in [0.2, 0.25) is 0 Å². The molecule has 1 aromatic carbocycles. The molecule has 0 amide bonds. The lowest BCUT2D eigenvalue weighted by Crippen LogP contribution is -2.25. The molecule has 2 N–H and O–H groups in total. The van der Waals surface area contributed by atoms with Crippen LogP contribution in [0.5, 0.6) is 5.75 Å². The summed E-state index contributed by atoms with van der Waals surface area (Å²) in [5.74, 6) is 0.864. The summed E-state index contributed by atoms with van der Waals surface area (Å²) < 4.78 is 6.08. The molecule has 0 bridgehead atoms. The molecule has 0 saturated carbocycles. The maximum Gasteiger partial charge on any atom is 0.119 e. The SMILES string of the molecule is CCC(N)C(Sc1cccc(OC)c1)c1ccc(Cl)s1. The zero-order valence-electron chi connectivity index (χ0n) is 11.5. The van der Waals surface area contributed by atoms with Crippen LogP contribution in [0.2, 0.25) is 4.34 Å². The van der Waals surface area contributed by atoms with E-state index in [-0.39, 0.29) is 11.3 Å². The topological polar surface area (TPSA) is 35.2 Å². The van der Waals surface area contributed by atoms with Gasteiger partial charge in [0.15, 0.2) is 0 Å². The van der Waals surface area contributed by atoms with Crippen LogP contribution in [-0.4, -0.2) is 13.2 Å². The fraction of sp³-hybridized carbons (Fsp3) is 0.333. The maximum absolute atomic E-state index is 6.29. The van der Waals surface area contributed by atoms with Crippen molar-refractivity contribution < 1.29 is 4.74 Å². The van der Waals surface area contributed by atoms with Crippen LogP contribution < -0.4 is 10.5 Å². The van der Waals surface area contributed by atoms with Crippen LogP contribution in [0.1, 0.15) is 23.5 Å². The molecule has 0 aliphatic rings. The largest absolute Gasteiger partial charge is 0.497 e. The Hall–Kier alpha value is -0.680. The molecule has 2 atom stereocenters. The number of methoxy groups -OCH3 is 1. The number of halogens is 1. The first-order valence-corrected chi connectivity index (χ1v) is 8.53. The van der Waals surface area contributed by atoms with E-state index >= 15 is 0 Å². The summed E-state index contributed by atoms with van der Waals surface area (Å²) in [7, 11) is 1.68. The quantitative estimate of drug-likeness (QED) is 0.760. The van der Waals surface area contributed by atoms with Crippen molar-refractivity contribution >= 4 is 34.7 Å². The first kappa shape index (κ1) is 15.7. The van der Waals surface area contributed by atoms with E-state index in [1.807, 2.05) is 24.3 Å². The third kappa shape index (κ3) is 3.92. The van der Waals surface area contributed by atoms with Gasteiger partial charge in [0, 0.05) is 15.8 Å². The lowest BCUT2D eigenvalue weighted by Gasteiger charge is -2.21. The smallest absolute Gasteiger partial charge is 0.119 e. The molecule has 1 heterocycles. The third-order valence-corrected chi connectivity index (χ3v) is 5.89. The second-order valence-electron chi connectivity index (χ2n) is 4.43. The van der Waals surface area contributed by atoms with Crippen molar-refractivity contribution in [1.29, 1.82) is 0 Å². The molecule has 2 aromatic rings. The minimum Gasteiger partial charge on any atom is -0.497 e. The predicted octanol–water partition coefficient (Wildman–Crippen LogP) is 4.98. The van der Waals surface area contributed by atoms with Gasteiger partial charge in [0.1, 0.15) is 5.75 Å². The number of hydrogen-bond donors (Lipinski definition) is 1. The molecule has 0 aliphatic heterocycles. The van der Waals surface area contributed by atoms with Gasteiger partial charge in [-0.05, 0) is 36.8 Å². The van der Waals surface area contributed by atoms with Crippen molar-refractivity contribution in [3.63, 3.8) is 0 Å². The molecule has 0 aliphatic carbocycles. The average molecular weight is 328 g/mol. The van der Waals surface area contributed by atoms with Crippen LogP contribution in [0.4, 0.5) is 0 Å². The molecular weight excluding hydrogens is 310 g/mol. The first-order chi connectivity index (χ1) is 9.63. The van der Waals surface area contributed by atoms with E-state index in [1.165, 1.54) is 4.88 Å². The molecule has 1 aromatic heterocycles. The molecule has 2 unspecified atom stereocenters. The lowest BCUT2D eigenvalue weighted by atomic mass is 10.1. The fourth-order valence-electron chi connectivity index (χ4n) is 1.87. The van der Waals surface area contributed by atoms with Gasteiger partial charge in [-0.25, -0.2) is 0 Å². The summed E-state index contributed by atoms with van der Waals surface area (Å²) in [6.45, 7) is 2.11. The summed E-state index contributed by atoms with van der Waals surface area (Å²) in [5.41, 5.74) is 6.29. The van der Waals surface area contributed by atoms with Gasteiger partial charge in [0.05, 0.1) is 16.7 Å². The summed E-state index contributed by atoms with van der Waals surface area (Å²) in [6, 6.07) is 12.2. The number of rotatable bonds is 6. The number of thioether (sulfide) groups is 1. The number of benzene rings is 1. The van der Waals surface area contributed by atoms with Crippen LogP contribution in [0.15, 0.2) is 41.3 Å². The fourth-order valence-corrected chi connectivity index (χ4v) is 4.48. The predicted molar refractivity (Wildman–Crippen MR) is 89.2 cm³/mol. The monoisotopic (exact) mass is 327 g/mol. The van der Waals surface area contributed by atoms with Crippen molar-refractivity contribution in [2.24, 2.45) is 5.73 Å². The van der Waals surface area contributed by atoms with E-state index < -0.39 is 0 Å². The van der Waals surface area contributed by atoms with Crippen molar-refractivity contribution in [3.8, 4) is 5.75 Å². The minimum absolute atomic E-state index is 0.0981. The first-order valence-electron chi connectivity index (χ1n) is 6.45. The average Bonchev–Trinajstić information content (AvgIpc) is 2.90. The Morgan fingerprint density at radius 2 is 2.15 bits per heavy atom. The highest BCUT2D eigenvalue weighted by atomic mass is 35.5. The molecule has 2 nitrogen and oxygen atoms in total. The summed E-state index contributed by atoms with van der Waals surface area (Å²) >= 11 is 9.42. The van der Waals surface area contributed by atoms with Crippen LogP contribution in [-0.2, 0) is 0 Å². The molecule has 0 radical (unpaired) electrons. The molecule has 20 heavy (non-hydrogen) atoms. The second-order valence-corrected chi connectivity index (χ2v) is 7.39. The zero-order valence-corrected chi connectivity index (χ0v) is 13.9. The van der Waals surface area contributed by atoms with Crippen molar-refractivity contribution in [2.75, 3.05) is 7.11 Å². The highest BCUT2D eigenvalue weighted by Crippen LogP contribution is 2.42. The van der Waals surface area contributed by atoms with Crippen LogP contribution in [0.3, 0.4) is 0 Å². The Labute approximate surface area is 133 Å². The van der Waals surface area contributed by atoms with Crippen molar-refractivity contribution in [1.82, 2.24) is 0 Å². The molecule has 0 spiro atoms. The van der Waals surface area contributed by atoms with Crippen LogP contribution >= 0.6 is 34.7 Å². The van der Waals surface area contributed by atoms with Gasteiger partial charge in [-0.1, -0.05) is 24.6 Å². The normalized spacial score (nSPS) is 14.0. The number of hydrogen-bond acceptors (Lipinski definition) is 4. The molecule has 5 heteroatoms. The summed E-state index contributed by atoms with van der Waals surface area (Å²) in [4.78, 5) is 2.37. The Morgan fingerprint density at radius 1 is 1.35 bits per heavy atom. The highest BCUT2D eigenvalue weighted by Gasteiger charge is 2.21. The molecule has 0 saturated heterocycles. The number of thiophene rings is 1. The van der Waals surface area contributed by atoms with E-state index in [2.05, 4.69) is 19.1 Å². The number of nitrogens with two attached hydrogens (primary N) is 1. The second kappa shape index (κ2) is 7.36. The van der Waals surface area contributed by atoms with Gasteiger partial charge in [-0.3, -0.25) is 0 Å². The zero-order chi connectivity index (χ0) is 14.5. The maximum atomic E-state index is 6.29. The Kier molecular flexibility index (Phi) is 5.78. The van der Waals surface area contributed by atoms with E-state index in [9.17, 15) is 0 Å². The summed E-state index contributed by atoms with van der Waals surface area (Å²) in [6.07, 6.45) is 0.928. The minimum atomic E-state index is 0.0981. The van der Waals surface area contributed by atoms with E-state index in [4.69, 9.17) is 22.1 Å². The Morgan fingerprint density at radius 3 is 2.75 bits per heavy atom. The molecule has 108 valence electrons. The highest BCUT2D eigenvalue weighted by molar-refractivity contribution is 7.99. The van der Waals surface area contributed by atoms with E-state index in [1.54, 1.807) is 30.2 Å². The van der Waals surface area contributed by atoms with Gasteiger partial charge < -0.3 is 10.5 Å². The van der Waals surface area contributed by atoms with Crippen LogP contribution in [0, 0.1) is 0 Å². The number of ether oxygens (including phenoxy) is 1. The van der Waals surface area contributed by atoms with Gasteiger partial charge in [-0.15, -0.1) is 23.1 Å². The van der Waals surface area contributed by atoms with Gasteiger partial charge in [-0.2, -0.15) is 0 Å². The Bertz CT molecular complexity index is 558. The van der Waals surface area contributed by atoms with Gasteiger partial charge >= 0.3 is 0 Å². The third-order valence-electron chi connectivity index (χ3n) is 3.04. The Balaban J connectivity index is 2.23. The van der Waals surface area contributed by atoms with Gasteiger partial charge in [0.25, 0.3) is 0 Å². The van der Waals surface area contributed by atoms with E-state index in [0.29, 0.717) is 0 Å². The summed E-state index contributed by atoms with van der Waals surface area (Å²) in [5, 5.41) is 0.213. The van der Waals surface area contributed by atoms with Crippen LogP contribution in [0.25, 0.3) is 0 Å². The molecular formula is C15H18ClNOS2. The van der Waals surface area contributed by atoms with E-state index in [0.717, 1.165) is 21.4 Å². The lowest BCUT2D eigenvalue weighted by molar-refractivity contribution is 0.413. The molecule has 2 rings (SSSR count). The van der Waals surface area contributed by atoms with Crippen molar-refractivity contribution in [3.05, 3.63) is 45.6 Å². The van der Waals surface area contributed by atoms with Crippen molar-refractivity contribution in [2.45, 2.75) is 29.5 Å².